The van der Waals surface area contributed by atoms with Gasteiger partial charge in [-0.2, -0.15) is 0 Å². The number of anilines is 1. The number of halogens is 1. The normalized spacial score (nSPS) is 10.8. The van der Waals surface area contributed by atoms with E-state index < -0.39 is 0 Å². The van der Waals surface area contributed by atoms with Gasteiger partial charge in [0, 0.05) is 14.1 Å². The van der Waals surface area contributed by atoms with Crippen molar-refractivity contribution in [2.75, 3.05) is 19.8 Å². The number of aromatic amines is 1. The van der Waals surface area contributed by atoms with Gasteiger partial charge in [0.05, 0.1) is 15.6 Å². The van der Waals surface area contributed by atoms with Gasteiger partial charge in [0.25, 0.3) is 5.56 Å². The molecule has 0 amide bonds. The molecule has 0 aliphatic rings. The molecular weight excluding hydrogens is 295 g/mol. The molecule has 0 atom stereocenters. The van der Waals surface area contributed by atoms with E-state index in [1.165, 1.54) is 0 Å². The smallest absolute Gasteiger partial charge is 0.263 e. The maximum atomic E-state index is 11.2. The van der Waals surface area contributed by atoms with Crippen molar-refractivity contribution in [1.82, 2.24) is 9.88 Å². The third-order valence-electron chi connectivity index (χ3n) is 1.42. The van der Waals surface area contributed by atoms with Crippen molar-refractivity contribution >= 4 is 40.4 Å². The number of nitrogens with zero attached hydrogens (tertiary/aromatic N) is 2. The Morgan fingerprint density at radius 3 is 2.86 bits per heavy atom. The van der Waals surface area contributed by atoms with Crippen molar-refractivity contribution in [1.29, 1.82) is 0 Å². The van der Waals surface area contributed by atoms with E-state index in [9.17, 15) is 4.79 Å². The minimum Gasteiger partial charge on any atom is -0.396 e. The zero-order valence-electron chi connectivity index (χ0n) is 7.91. The Kier molecular flexibility index (Phi) is 3.50. The second-order valence-corrected chi connectivity index (χ2v) is 4.12. The predicted molar refractivity (Wildman–Crippen MR) is 66.0 cm³/mol. The third-order valence-corrected chi connectivity index (χ3v) is 2.22. The van der Waals surface area contributed by atoms with Crippen LogP contribution in [0.2, 0.25) is 0 Å². The first-order valence-corrected chi connectivity index (χ1v) is 4.97. The second-order valence-electron chi connectivity index (χ2n) is 2.96. The molecule has 0 aromatic carbocycles. The number of aliphatic imine (C=N–C) groups is 1. The van der Waals surface area contributed by atoms with Gasteiger partial charge >= 0.3 is 0 Å². The summed E-state index contributed by atoms with van der Waals surface area (Å²) in [6.45, 7) is 0. The molecule has 0 saturated heterocycles. The molecule has 5 nitrogen and oxygen atoms in total. The van der Waals surface area contributed by atoms with Gasteiger partial charge < -0.3 is 15.6 Å². The Balaban J connectivity index is 3.10. The Morgan fingerprint density at radius 1 is 1.64 bits per heavy atom. The van der Waals surface area contributed by atoms with Crippen molar-refractivity contribution in [3.8, 4) is 0 Å². The van der Waals surface area contributed by atoms with Crippen LogP contribution in [-0.4, -0.2) is 30.3 Å². The summed E-state index contributed by atoms with van der Waals surface area (Å²) in [7, 11) is 3.68. The first-order chi connectivity index (χ1) is 6.50. The fourth-order valence-electron chi connectivity index (χ4n) is 0.790. The van der Waals surface area contributed by atoms with Crippen LogP contribution in [0.1, 0.15) is 0 Å². The highest BCUT2D eigenvalue weighted by Gasteiger charge is 2.01. The lowest BCUT2D eigenvalue weighted by Gasteiger charge is -2.04. The first kappa shape index (κ1) is 11.0. The molecule has 0 aliphatic heterocycles. The molecule has 6 heteroatoms. The third kappa shape index (κ3) is 2.72. The maximum Gasteiger partial charge on any atom is 0.263 e. The van der Waals surface area contributed by atoms with E-state index in [2.05, 4.69) is 9.98 Å². The second kappa shape index (κ2) is 4.45. The molecule has 0 unspecified atom stereocenters. The number of hydrogen-bond acceptors (Lipinski definition) is 3. The summed E-state index contributed by atoms with van der Waals surface area (Å²) < 4.78 is 0.559. The quantitative estimate of drug-likeness (QED) is 0.482. The number of nitrogens with one attached hydrogen (secondary N) is 1. The molecule has 0 spiro atoms. The van der Waals surface area contributed by atoms with E-state index in [1.54, 1.807) is 17.3 Å². The average molecular weight is 306 g/mol. The predicted octanol–water partition coefficient (Wildman–Crippen LogP) is 0.783. The molecular formula is C8H11IN4O. The lowest BCUT2D eigenvalue weighted by molar-refractivity contribution is 0.643. The fourth-order valence-corrected chi connectivity index (χ4v) is 1.26. The highest BCUT2D eigenvalue weighted by Crippen LogP contribution is 2.17. The van der Waals surface area contributed by atoms with E-state index in [0.717, 1.165) is 0 Å². The van der Waals surface area contributed by atoms with Gasteiger partial charge in [-0.05, 0) is 28.7 Å². The molecule has 0 aliphatic carbocycles. The Labute approximate surface area is 95.2 Å². The van der Waals surface area contributed by atoms with E-state index in [0.29, 0.717) is 15.1 Å². The lowest BCUT2D eigenvalue weighted by Crippen LogP contribution is -2.11. The number of rotatable bonds is 2. The summed E-state index contributed by atoms with van der Waals surface area (Å²) in [4.78, 5) is 19.6. The highest BCUT2D eigenvalue weighted by atomic mass is 127. The van der Waals surface area contributed by atoms with Crippen LogP contribution in [-0.2, 0) is 0 Å². The summed E-state index contributed by atoms with van der Waals surface area (Å²) in [5.41, 5.74) is 5.96. The van der Waals surface area contributed by atoms with Gasteiger partial charge in [-0.3, -0.25) is 4.79 Å². The number of H-pyrrole nitrogens is 1. The summed E-state index contributed by atoms with van der Waals surface area (Å²) in [5.74, 6) is 0.393. The molecule has 0 saturated carbocycles. The van der Waals surface area contributed by atoms with Gasteiger partial charge in [-0.25, -0.2) is 4.99 Å². The monoisotopic (exact) mass is 306 g/mol. The lowest BCUT2D eigenvalue weighted by atomic mass is 10.4. The maximum absolute atomic E-state index is 11.2. The van der Waals surface area contributed by atoms with Crippen LogP contribution in [0, 0.1) is 3.57 Å². The molecule has 76 valence electrons. The van der Waals surface area contributed by atoms with Gasteiger partial charge in [0.15, 0.2) is 5.82 Å². The van der Waals surface area contributed by atoms with Crippen molar-refractivity contribution in [2.45, 2.75) is 0 Å². The molecule has 1 aromatic rings. The van der Waals surface area contributed by atoms with E-state index in [1.807, 2.05) is 36.7 Å². The van der Waals surface area contributed by atoms with E-state index >= 15 is 0 Å². The standard InChI is InChI=1S/C8H11IN4O/c1-13(2)4-11-7-6(10)3-5(9)8(14)12-7/h3-4H,10H2,1-2H3,(H,12,14)/b11-4-. The van der Waals surface area contributed by atoms with Crippen molar-refractivity contribution in [3.05, 3.63) is 20.0 Å². The minimum absolute atomic E-state index is 0.175. The van der Waals surface area contributed by atoms with Crippen LogP contribution in [0.4, 0.5) is 11.5 Å². The number of nitrogen functional groups attached to an aromatic ring is 1. The average Bonchev–Trinajstić information content (AvgIpc) is 2.09. The number of pyridine rings is 1. The molecule has 1 aromatic heterocycles. The molecule has 0 bridgehead atoms. The van der Waals surface area contributed by atoms with Crippen molar-refractivity contribution in [3.63, 3.8) is 0 Å². The van der Waals surface area contributed by atoms with Crippen molar-refractivity contribution in [2.24, 2.45) is 4.99 Å². The van der Waals surface area contributed by atoms with Crippen LogP contribution in [0.5, 0.6) is 0 Å². The zero-order chi connectivity index (χ0) is 10.7. The SMILES string of the molecule is CN(C)/C=N\c1[nH]c(=O)c(I)cc1N. The molecule has 1 heterocycles. The van der Waals surface area contributed by atoms with Crippen LogP contribution < -0.4 is 11.3 Å². The summed E-state index contributed by atoms with van der Waals surface area (Å²) in [6.07, 6.45) is 1.58. The number of nitrogens with two attached hydrogens (primary N) is 1. The highest BCUT2D eigenvalue weighted by molar-refractivity contribution is 14.1. The van der Waals surface area contributed by atoms with Crippen LogP contribution >= 0.6 is 22.6 Å². The molecule has 3 N–H and O–H groups in total. The summed E-state index contributed by atoms with van der Waals surface area (Å²) in [6, 6.07) is 1.60. The van der Waals surface area contributed by atoms with E-state index in [4.69, 9.17) is 5.73 Å². The van der Waals surface area contributed by atoms with Gasteiger partial charge in [-0.15, -0.1) is 0 Å². The minimum atomic E-state index is -0.175. The van der Waals surface area contributed by atoms with Gasteiger partial charge in [-0.1, -0.05) is 0 Å². The summed E-state index contributed by atoms with van der Waals surface area (Å²) >= 11 is 1.92. The van der Waals surface area contributed by atoms with E-state index in [-0.39, 0.29) is 5.56 Å². The number of aromatic nitrogens is 1. The Hall–Kier alpha value is -1.05. The number of hydrogen-bond donors (Lipinski definition) is 2. The molecule has 1 rings (SSSR count). The topological polar surface area (TPSA) is 74.5 Å². The van der Waals surface area contributed by atoms with Crippen LogP contribution in [0.3, 0.4) is 0 Å². The Bertz CT molecular complexity index is 410. The van der Waals surface area contributed by atoms with Crippen LogP contribution in [0.15, 0.2) is 15.9 Å². The Morgan fingerprint density at radius 2 is 2.29 bits per heavy atom. The fraction of sp³-hybridized carbons (Fsp3) is 0.250. The van der Waals surface area contributed by atoms with Gasteiger partial charge in [0.2, 0.25) is 0 Å². The largest absolute Gasteiger partial charge is 0.396 e. The zero-order valence-corrected chi connectivity index (χ0v) is 10.1. The molecule has 0 fully saturated rings. The van der Waals surface area contributed by atoms with Crippen LogP contribution in [0.25, 0.3) is 0 Å². The first-order valence-electron chi connectivity index (χ1n) is 3.89. The van der Waals surface area contributed by atoms with Crippen molar-refractivity contribution < 1.29 is 0 Å². The van der Waals surface area contributed by atoms with Gasteiger partial charge in [0.1, 0.15) is 0 Å². The molecule has 14 heavy (non-hydrogen) atoms. The molecule has 0 radical (unpaired) electrons. The summed E-state index contributed by atoms with van der Waals surface area (Å²) in [5, 5.41) is 0.